The molecule has 1 aromatic carbocycles. The van der Waals surface area contributed by atoms with Crippen molar-refractivity contribution in [3.63, 3.8) is 0 Å². The number of pyridine rings is 1. The van der Waals surface area contributed by atoms with Crippen LogP contribution >= 0.6 is 0 Å². The molecule has 0 radical (unpaired) electrons. The fourth-order valence-corrected chi connectivity index (χ4v) is 4.11. The average molecular weight is 339 g/mol. The van der Waals surface area contributed by atoms with Gasteiger partial charge in [0.25, 0.3) is 0 Å². The molecule has 2 aromatic rings. The molecule has 130 valence electrons. The molecule has 0 unspecified atom stereocenters. The number of amides is 1. The number of nitrogens with zero attached hydrogens (tertiary/aromatic N) is 2. The first-order valence-corrected chi connectivity index (χ1v) is 8.83. The zero-order valence-corrected chi connectivity index (χ0v) is 14.3. The third-order valence-corrected chi connectivity index (χ3v) is 5.48. The maximum Gasteiger partial charge on any atom is 0.242 e. The Morgan fingerprint density at radius 3 is 2.80 bits per heavy atom. The second kappa shape index (κ2) is 6.23. The van der Waals surface area contributed by atoms with Crippen LogP contribution in [0.4, 0.5) is 4.39 Å². The van der Waals surface area contributed by atoms with Crippen molar-refractivity contribution in [3.05, 3.63) is 54.1 Å². The molecule has 2 atom stereocenters. The highest BCUT2D eigenvalue weighted by atomic mass is 19.1. The van der Waals surface area contributed by atoms with Crippen LogP contribution in [0.15, 0.2) is 42.6 Å². The Morgan fingerprint density at radius 2 is 2.00 bits per heavy atom. The summed E-state index contributed by atoms with van der Waals surface area (Å²) in [4.78, 5) is 19.0. The van der Waals surface area contributed by atoms with E-state index in [-0.39, 0.29) is 17.8 Å². The molecular formula is C20H22FN3O. The second-order valence-corrected chi connectivity index (χ2v) is 7.12. The number of hydrogen-bond donors (Lipinski definition) is 1. The zero-order valence-electron chi connectivity index (χ0n) is 14.3. The number of carbonyl (C=O) groups excluding carboxylic acids is 1. The van der Waals surface area contributed by atoms with E-state index in [1.54, 1.807) is 18.3 Å². The maximum atomic E-state index is 13.1. The predicted molar refractivity (Wildman–Crippen MR) is 94.3 cm³/mol. The van der Waals surface area contributed by atoms with E-state index in [1.165, 1.54) is 12.1 Å². The number of nitrogens with one attached hydrogen (secondary N) is 1. The van der Waals surface area contributed by atoms with E-state index in [9.17, 15) is 9.18 Å². The first-order chi connectivity index (χ1) is 12.1. The third kappa shape index (κ3) is 2.93. The van der Waals surface area contributed by atoms with Crippen LogP contribution in [0.5, 0.6) is 0 Å². The molecule has 25 heavy (non-hydrogen) atoms. The van der Waals surface area contributed by atoms with Gasteiger partial charge in [0.15, 0.2) is 0 Å². The fraction of sp³-hybridized carbons (Fsp3) is 0.400. The number of rotatable bonds is 2. The summed E-state index contributed by atoms with van der Waals surface area (Å²) in [6.07, 6.45) is 5.47. The van der Waals surface area contributed by atoms with Gasteiger partial charge in [-0.3, -0.25) is 15.1 Å². The number of aromatic nitrogens is 1. The van der Waals surface area contributed by atoms with E-state index < -0.39 is 5.54 Å². The third-order valence-electron chi connectivity index (χ3n) is 5.48. The van der Waals surface area contributed by atoms with Crippen LogP contribution in [0.1, 0.15) is 37.4 Å². The SMILES string of the molecule is CN1CCC[C@]2(CC[C@H](c3cc(-c4ccc(F)cc4)ccn3)N2)C1=O. The Morgan fingerprint density at radius 1 is 1.20 bits per heavy atom. The highest BCUT2D eigenvalue weighted by Crippen LogP contribution is 2.38. The predicted octanol–water partition coefficient (Wildman–Crippen LogP) is 3.30. The molecule has 1 N–H and O–H groups in total. The van der Waals surface area contributed by atoms with Crippen molar-refractivity contribution < 1.29 is 9.18 Å². The fourth-order valence-electron chi connectivity index (χ4n) is 4.11. The van der Waals surface area contributed by atoms with Crippen LogP contribution in [0.25, 0.3) is 11.1 Å². The Balaban J connectivity index is 1.58. The van der Waals surface area contributed by atoms with Gasteiger partial charge in [-0.15, -0.1) is 0 Å². The summed E-state index contributed by atoms with van der Waals surface area (Å²) >= 11 is 0. The summed E-state index contributed by atoms with van der Waals surface area (Å²) in [5, 5.41) is 3.58. The first-order valence-electron chi connectivity index (χ1n) is 8.83. The van der Waals surface area contributed by atoms with Crippen LogP contribution in [-0.2, 0) is 4.79 Å². The average Bonchev–Trinajstić information content (AvgIpc) is 3.06. The second-order valence-electron chi connectivity index (χ2n) is 7.12. The Labute approximate surface area is 147 Å². The van der Waals surface area contributed by atoms with Crippen LogP contribution in [0.2, 0.25) is 0 Å². The van der Waals surface area contributed by atoms with Gasteiger partial charge >= 0.3 is 0 Å². The van der Waals surface area contributed by atoms with Gasteiger partial charge in [-0.25, -0.2) is 4.39 Å². The monoisotopic (exact) mass is 339 g/mol. The summed E-state index contributed by atoms with van der Waals surface area (Å²) in [6.45, 7) is 0.839. The normalized spacial score (nSPS) is 26.4. The Hall–Kier alpha value is -2.27. The van der Waals surface area contributed by atoms with E-state index in [1.807, 2.05) is 24.1 Å². The van der Waals surface area contributed by atoms with Crippen molar-refractivity contribution in [1.82, 2.24) is 15.2 Å². The zero-order chi connectivity index (χ0) is 17.4. The van der Waals surface area contributed by atoms with Crippen molar-refractivity contribution in [3.8, 4) is 11.1 Å². The van der Waals surface area contributed by atoms with E-state index in [0.29, 0.717) is 0 Å². The Kier molecular flexibility index (Phi) is 4.04. The van der Waals surface area contributed by atoms with Crippen LogP contribution in [0.3, 0.4) is 0 Å². The van der Waals surface area contributed by atoms with Crippen molar-refractivity contribution in [2.45, 2.75) is 37.3 Å². The quantitative estimate of drug-likeness (QED) is 0.913. The molecule has 0 saturated carbocycles. The molecule has 0 bridgehead atoms. The topological polar surface area (TPSA) is 45.2 Å². The molecule has 2 aliphatic heterocycles. The minimum Gasteiger partial charge on any atom is -0.344 e. The Bertz CT molecular complexity index is 792. The number of carbonyl (C=O) groups is 1. The smallest absolute Gasteiger partial charge is 0.242 e. The number of hydrogen-bond acceptors (Lipinski definition) is 3. The number of benzene rings is 1. The standard InChI is InChI=1S/C20H22FN3O/c1-24-12-2-9-20(19(24)25)10-7-17(23-20)18-13-15(8-11-22-18)14-3-5-16(21)6-4-14/h3-6,8,11,13,17,23H,2,7,9-10,12H2,1H3/t17-,20+/m1/s1. The van der Waals surface area contributed by atoms with Gasteiger partial charge in [0.05, 0.1) is 17.3 Å². The van der Waals surface area contributed by atoms with Crippen LogP contribution < -0.4 is 5.32 Å². The molecule has 2 saturated heterocycles. The molecule has 2 aliphatic rings. The summed E-state index contributed by atoms with van der Waals surface area (Å²) in [5.41, 5.74) is 2.50. The lowest BCUT2D eigenvalue weighted by molar-refractivity contribution is -0.139. The van der Waals surface area contributed by atoms with Gasteiger partial charge in [-0.1, -0.05) is 12.1 Å². The molecule has 4 nitrogen and oxygen atoms in total. The van der Waals surface area contributed by atoms with E-state index in [0.717, 1.165) is 49.0 Å². The highest BCUT2D eigenvalue weighted by Gasteiger charge is 2.48. The van der Waals surface area contributed by atoms with Gasteiger partial charge in [0.1, 0.15) is 5.82 Å². The van der Waals surface area contributed by atoms with E-state index >= 15 is 0 Å². The number of likely N-dealkylation sites (N-methyl/N-ethyl adjacent to an activating group) is 1. The minimum absolute atomic E-state index is 0.0795. The van der Waals surface area contributed by atoms with Crippen LogP contribution in [-0.4, -0.2) is 34.9 Å². The summed E-state index contributed by atoms with van der Waals surface area (Å²) < 4.78 is 13.1. The number of halogens is 1. The largest absolute Gasteiger partial charge is 0.344 e. The summed E-state index contributed by atoms with van der Waals surface area (Å²) in [6, 6.07) is 10.5. The molecule has 4 rings (SSSR count). The van der Waals surface area contributed by atoms with Gasteiger partial charge in [-0.2, -0.15) is 0 Å². The van der Waals surface area contributed by atoms with Gasteiger partial charge in [0.2, 0.25) is 5.91 Å². The first kappa shape index (κ1) is 16.2. The van der Waals surface area contributed by atoms with Crippen molar-refractivity contribution >= 4 is 5.91 Å². The van der Waals surface area contributed by atoms with Crippen molar-refractivity contribution in [2.75, 3.05) is 13.6 Å². The lowest BCUT2D eigenvalue weighted by Gasteiger charge is -2.38. The molecule has 1 amide bonds. The highest BCUT2D eigenvalue weighted by molar-refractivity contribution is 5.87. The number of likely N-dealkylation sites (tertiary alicyclic amines) is 1. The lowest BCUT2D eigenvalue weighted by Crippen LogP contribution is -2.57. The molecule has 1 aromatic heterocycles. The molecule has 0 aliphatic carbocycles. The molecular weight excluding hydrogens is 317 g/mol. The minimum atomic E-state index is -0.425. The molecule has 1 spiro atoms. The van der Waals surface area contributed by atoms with Crippen molar-refractivity contribution in [2.24, 2.45) is 0 Å². The lowest BCUT2D eigenvalue weighted by atomic mass is 9.87. The summed E-state index contributed by atoms with van der Waals surface area (Å²) in [5.74, 6) is -0.0340. The molecule has 5 heteroatoms. The van der Waals surface area contributed by atoms with Crippen LogP contribution in [0, 0.1) is 5.82 Å². The van der Waals surface area contributed by atoms with Gasteiger partial charge in [-0.05, 0) is 61.1 Å². The van der Waals surface area contributed by atoms with Gasteiger partial charge < -0.3 is 4.90 Å². The van der Waals surface area contributed by atoms with E-state index in [2.05, 4.69) is 10.3 Å². The summed E-state index contributed by atoms with van der Waals surface area (Å²) in [7, 11) is 1.88. The number of piperidine rings is 1. The molecule has 3 heterocycles. The van der Waals surface area contributed by atoms with Crippen molar-refractivity contribution in [1.29, 1.82) is 0 Å². The molecule has 2 fully saturated rings. The maximum absolute atomic E-state index is 13.1. The van der Waals surface area contributed by atoms with Gasteiger partial charge in [0, 0.05) is 19.8 Å². The van der Waals surface area contributed by atoms with E-state index in [4.69, 9.17) is 0 Å².